The summed E-state index contributed by atoms with van der Waals surface area (Å²) < 4.78 is 22.8. The molecule has 0 aromatic rings. The molecule has 0 bridgehead atoms. The third kappa shape index (κ3) is 5.59. The molecule has 1 N–H and O–H groups in total. The molecule has 0 saturated carbocycles. The first-order valence-electron chi connectivity index (χ1n) is 4.06. The van der Waals surface area contributed by atoms with Gasteiger partial charge in [0.15, 0.2) is 0 Å². The molecule has 0 fully saturated rings. The minimum Gasteiger partial charge on any atom is -0.355 e. The number of nitrogens with one attached hydrogen (secondary N) is 1. The average molecular weight is 208 g/mol. The summed E-state index contributed by atoms with van der Waals surface area (Å²) in [6, 6.07) is 0. The SMILES string of the molecule is CCCNC(=O)CN(C)S(C)(=O)=O. The van der Waals surface area contributed by atoms with Crippen molar-refractivity contribution in [2.45, 2.75) is 13.3 Å². The summed E-state index contributed by atoms with van der Waals surface area (Å²) in [5.74, 6) is -0.269. The number of carbonyl (C=O) groups excluding carboxylic acids is 1. The van der Waals surface area contributed by atoms with E-state index in [4.69, 9.17) is 0 Å². The average Bonchev–Trinajstić information content (AvgIpc) is 1.99. The maximum absolute atomic E-state index is 11.0. The number of nitrogens with zero attached hydrogens (tertiary/aromatic N) is 1. The van der Waals surface area contributed by atoms with Gasteiger partial charge in [-0.3, -0.25) is 4.79 Å². The van der Waals surface area contributed by atoms with Gasteiger partial charge in [-0.15, -0.1) is 0 Å². The van der Waals surface area contributed by atoms with E-state index in [0.29, 0.717) is 6.54 Å². The normalized spacial score (nSPS) is 11.7. The number of amides is 1. The highest BCUT2D eigenvalue weighted by molar-refractivity contribution is 7.88. The third-order valence-electron chi connectivity index (χ3n) is 1.50. The maximum atomic E-state index is 11.0. The van der Waals surface area contributed by atoms with Gasteiger partial charge in [0, 0.05) is 13.6 Å². The van der Waals surface area contributed by atoms with Crippen molar-refractivity contribution >= 4 is 15.9 Å². The molecule has 0 aliphatic carbocycles. The minimum atomic E-state index is -3.25. The van der Waals surface area contributed by atoms with Crippen LogP contribution in [0.5, 0.6) is 0 Å². The molecular weight excluding hydrogens is 192 g/mol. The molecule has 0 aliphatic heterocycles. The van der Waals surface area contributed by atoms with E-state index in [1.807, 2.05) is 6.92 Å². The Labute approximate surface area is 79.2 Å². The van der Waals surface area contributed by atoms with E-state index in [-0.39, 0.29) is 12.5 Å². The molecule has 0 saturated heterocycles. The Morgan fingerprint density at radius 1 is 1.46 bits per heavy atom. The van der Waals surface area contributed by atoms with Gasteiger partial charge in [0.2, 0.25) is 15.9 Å². The Kier molecular flexibility index (Phi) is 4.94. The molecular formula is C7H16N2O3S. The predicted octanol–water partition coefficient (Wildman–Crippen LogP) is -0.596. The molecule has 0 radical (unpaired) electrons. The first-order valence-corrected chi connectivity index (χ1v) is 5.90. The second kappa shape index (κ2) is 5.18. The van der Waals surface area contributed by atoms with E-state index in [0.717, 1.165) is 17.0 Å². The summed E-state index contributed by atoms with van der Waals surface area (Å²) in [5, 5.41) is 2.59. The van der Waals surface area contributed by atoms with Crippen LogP contribution in [-0.4, -0.2) is 45.0 Å². The Bertz CT molecular complexity index is 261. The molecule has 0 aromatic carbocycles. The van der Waals surface area contributed by atoms with Gasteiger partial charge < -0.3 is 5.32 Å². The lowest BCUT2D eigenvalue weighted by Crippen LogP contribution is -2.38. The number of likely N-dealkylation sites (N-methyl/N-ethyl adjacent to an activating group) is 1. The monoisotopic (exact) mass is 208 g/mol. The largest absolute Gasteiger partial charge is 0.355 e. The molecule has 1 amide bonds. The van der Waals surface area contributed by atoms with E-state index in [2.05, 4.69) is 5.32 Å². The fourth-order valence-electron chi connectivity index (χ4n) is 0.640. The summed E-state index contributed by atoms with van der Waals surface area (Å²) in [4.78, 5) is 11.0. The third-order valence-corrected chi connectivity index (χ3v) is 2.77. The van der Waals surface area contributed by atoms with Crippen molar-refractivity contribution in [3.05, 3.63) is 0 Å². The van der Waals surface area contributed by atoms with Crippen LogP contribution in [-0.2, 0) is 14.8 Å². The summed E-state index contributed by atoms with van der Waals surface area (Å²) in [6.45, 7) is 2.40. The molecule has 0 atom stereocenters. The van der Waals surface area contributed by atoms with Crippen LogP contribution in [0.15, 0.2) is 0 Å². The molecule has 13 heavy (non-hydrogen) atoms. The van der Waals surface area contributed by atoms with Gasteiger partial charge in [-0.05, 0) is 6.42 Å². The van der Waals surface area contributed by atoms with Crippen molar-refractivity contribution in [1.29, 1.82) is 0 Å². The maximum Gasteiger partial charge on any atom is 0.235 e. The van der Waals surface area contributed by atoms with Crippen LogP contribution in [0.2, 0.25) is 0 Å². The summed E-state index contributed by atoms with van der Waals surface area (Å²) in [7, 11) is -1.87. The number of sulfonamides is 1. The Balaban J connectivity index is 3.93. The molecule has 0 aromatic heterocycles. The highest BCUT2D eigenvalue weighted by Crippen LogP contribution is 1.91. The molecule has 0 rings (SSSR count). The van der Waals surface area contributed by atoms with Gasteiger partial charge >= 0.3 is 0 Å². The Hall–Kier alpha value is -0.620. The van der Waals surface area contributed by atoms with Gasteiger partial charge in [-0.1, -0.05) is 6.92 Å². The lowest BCUT2D eigenvalue weighted by atomic mass is 10.4. The number of hydrogen-bond acceptors (Lipinski definition) is 3. The van der Waals surface area contributed by atoms with Crippen LogP contribution in [0.4, 0.5) is 0 Å². The van der Waals surface area contributed by atoms with Crippen molar-refractivity contribution < 1.29 is 13.2 Å². The van der Waals surface area contributed by atoms with Gasteiger partial charge in [0.1, 0.15) is 0 Å². The standard InChI is InChI=1S/C7H16N2O3S/c1-4-5-8-7(10)6-9(2)13(3,11)12/h4-6H2,1-3H3,(H,8,10). The van der Waals surface area contributed by atoms with E-state index in [1.165, 1.54) is 7.05 Å². The molecule has 0 spiro atoms. The lowest BCUT2D eigenvalue weighted by molar-refractivity contribution is -0.121. The van der Waals surface area contributed by atoms with Gasteiger partial charge in [-0.25, -0.2) is 8.42 Å². The van der Waals surface area contributed by atoms with Crippen LogP contribution in [0.1, 0.15) is 13.3 Å². The lowest BCUT2D eigenvalue weighted by Gasteiger charge is -2.13. The molecule has 5 nitrogen and oxygen atoms in total. The predicted molar refractivity (Wildman–Crippen MR) is 50.8 cm³/mol. The van der Waals surface area contributed by atoms with Crippen LogP contribution in [0.25, 0.3) is 0 Å². The minimum absolute atomic E-state index is 0.112. The smallest absolute Gasteiger partial charge is 0.235 e. The summed E-state index contributed by atoms with van der Waals surface area (Å²) in [6.07, 6.45) is 1.91. The van der Waals surface area contributed by atoms with Crippen LogP contribution < -0.4 is 5.32 Å². The zero-order valence-electron chi connectivity index (χ0n) is 8.20. The highest BCUT2D eigenvalue weighted by atomic mass is 32.2. The van der Waals surface area contributed by atoms with Gasteiger partial charge in [-0.2, -0.15) is 4.31 Å². The molecule has 0 aliphatic rings. The molecule has 78 valence electrons. The quantitative estimate of drug-likeness (QED) is 0.656. The van der Waals surface area contributed by atoms with Gasteiger partial charge in [0.05, 0.1) is 12.8 Å². The van der Waals surface area contributed by atoms with Crippen LogP contribution >= 0.6 is 0 Å². The molecule has 0 unspecified atom stereocenters. The number of rotatable bonds is 5. The van der Waals surface area contributed by atoms with E-state index >= 15 is 0 Å². The number of carbonyl (C=O) groups is 1. The first-order chi connectivity index (χ1) is 5.88. The summed E-state index contributed by atoms with van der Waals surface area (Å²) in [5.41, 5.74) is 0. The van der Waals surface area contributed by atoms with Gasteiger partial charge in [0.25, 0.3) is 0 Å². The zero-order chi connectivity index (χ0) is 10.5. The fraction of sp³-hybridized carbons (Fsp3) is 0.857. The number of hydrogen-bond donors (Lipinski definition) is 1. The van der Waals surface area contributed by atoms with Crippen molar-refractivity contribution in [2.24, 2.45) is 0 Å². The first kappa shape index (κ1) is 12.4. The van der Waals surface area contributed by atoms with Crippen molar-refractivity contribution in [1.82, 2.24) is 9.62 Å². The zero-order valence-corrected chi connectivity index (χ0v) is 9.02. The van der Waals surface area contributed by atoms with E-state index in [1.54, 1.807) is 0 Å². The molecule has 6 heteroatoms. The summed E-state index contributed by atoms with van der Waals surface area (Å²) >= 11 is 0. The Morgan fingerprint density at radius 2 is 2.00 bits per heavy atom. The molecule has 0 heterocycles. The Morgan fingerprint density at radius 3 is 2.38 bits per heavy atom. The van der Waals surface area contributed by atoms with Crippen LogP contribution in [0.3, 0.4) is 0 Å². The van der Waals surface area contributed by atoms with E-state index < -0.39 is 10.0 Å². The second-order valence-electron chi connectivity index (χ2n) is 2.87. The second-order valence-corrected chi connectivity index (χ2v) is 4.96. The van der Waals surface area contributed by atoms with Crippen molar-refractivity contribution in [2.75, 3.05) is 26.4 Å². The fourth-order valence-corrected chi connectivity index (χ4v) is 0.992. The highest BCUT2D eigenvalue weighted by Gasteiger charge is 2.13. The topological polar surface area (TPSA) is 66.5 Å². The van der Waals surface area contributed by atoms with Crippen molar-refractivity contribution in [3.63, 3.8) is 0 Å². The van der Waals surface area contributed by atoms with Crippen LogP contribution in [0, 0.1) is 0 Å². The van der Waals surface area contributed by atoms with Crippen molar-refractivity contribution in [3.8, 4) is 0 Å². The van der Waals surface area contributed by atoms with E-state index in [9.17, 15) is 13.2 Å².